The Labute approximate surface area is 103 Å². The van der Waals surface area contributed by atoms with Crippen molar-refractivity contribution in [1.29, 1.82) is 0 Å². The highest BCUT2D eigenvalue weighted by Crippen LogP contribution is 2.34. The van der Waals surface area contributed by atoms with Gasteiger partial charge in [-0.3, -0.25) is 4.90 Å². The largest absolute Gasteiger partial charge is 0.383 e. The van der Waals surface area contributed by atoms with Crippen molar-refractivity contribution >= 4 is 11.8 Å². The molecule has 0 aromatic carbocycles. The van der Waals surface area contributed by atoms with Crippen LogP contribution < -0.4 is 5.73 Å². The van der Waals surface area contributed by atoms with E-state index in [0.29, 0.717) is 6.04 Å². The molecule has 1 saturated carbocycles. The van der Waals surface area contributed by atoms with Crippen LogP contribution in [0.2, 0.25) is 0 Å². The highest BCUT2D eigenvalue weighted by molar-refractivity contribution is 7.99. The van der Waals surface area contributed by atoms with Gasteiger partial charge in [0.05, 0.1) is 6.61 Å². The SMILES string of the molecule is COCCN(C1CC1)C(CN)C1CCSC1. The van der Waals surface area contributed by atoms with Crippen molar-refractivity contribution in [3.05, 3.63) is 0 Å². The third-order valence-corrected chi connectivity index (χ3v) is 4.93. The van der Waals surface area contributed by atoms with E-state index in [9.17, 15) is 0 Å². The van der Waals surface area contributed by atoms with Crippen LogP contribution in [0.15, 0.2) is 0 Å². The third-order valence-electron chi connectivity index (χ3n) is 3.75. The van der Waals surface area contributed by atoms with E-state index >= 15 is 0 Å². The van der Waals surface area contributed by atoms with E-state index in [-0.39, 0.29) is 0 Å². The summed E-state index contributed by atoms with van der Waals surface area (Å²) in [5.74, 6) is 3.44. The number of thioether (sulfide) groups is 1. The lowest BCUT2D eigenvalue weighted by Gasteiger charge is -2.34. The van der Waals surface area contributed by atoms with Gasteiger partial charge in [-0.05, 0) is 36.7 Å². The first-order valence-corrected chi connectivity index (χ1v) is 7.54. The molecule has 2 N–H and O–H groups in total. The van der Waals surface area contributed by atoms with E-state index in [1.807, 2.05) is 0 Å². The number of hydrogen-bond acceptors (Lipinski definition) is 4. The van der Waals surface area contributed by atoms with Gasteiger partial charge in [-0.25, -0.2) is 0 Å². The van der Waals surface area contributed by atoms with Gasteiger partial charge in [0, 0.05) is 32.3 Å². The molecule has 0 amide bonds. The monoisotopic (exact) mass is 244 g/mol. The fourth-order valence-electron chi connectivity index (χ4n) is 2.68. The molecule has 1 saturated heterocycles. The van der Waals surface area contributed by atoms with Crippen molar-refractivity contribution in [3.63, 3.8) is 0 Å². The molecule has 0 spiro atoms. The van der Waals surface area contributed by atoms with Crippen LogP contribution in [0.1, 0.15) is 19.3 Å². The number of rotatable bonds is 7. The summed E-state index contributed by atoms with van der Waals surface area (Å²) in [4.78, 5) is 2.63. The molecule has 1 heterocycles. The molecule has 2 rings (SSSR count). The lowest BCUT2D eigenvalue weighted by atomic mass is 9.97. The van der Waals surface area contributed by atoms with E-state index in [1.54, 1.807) is 7.11 Å². The fraction of sp³-hybridized carbons (Fsp3) is 1.00. The molecule has 0 radical (unpaired) electrons. The Hall–Kier alpha value is 0.230. The van der Waals surface area contributed by atoms with E-state index in [0.717, 1.165) is 31.7 Å². The van der Waals surface area contributed by atoms with E-state index in [2.05, 4.69) is 16.7 Å². The Morgan fingerprint density at radius 3 is 2.75 bits per heavy atom. The van der Waals surface area contributed by atoms with Crippen LogP contribution >= 0.6 is 11.8 Å². The Kier molecular flexibility index (Phi) is 4.95. The Morgan fingerprint density at radius 2 is 2.25 bits per heavy atom. The van der Waals surface area contributed by atoms with Crippen molar-refractivity contribution in [3.8, 4) is 0 Å². The minimum atomic E-state index is 0.595. The van der Waals surface area contributed by atoms with Crippen molar-refractivity contribution in [2.75, 3.05) is 38.3 Å². The zero-order chi connectivity index (χ0) is 11.4. The number of hydrogen-bond donors (Lipinski definition) is 1. The van der Waals surface area contributed by atoms with Gasteiger partial charge in [0.15, 0.2) is 0 Å². The molecule has 2 aliphatic rings. The summed E-state index contributed by atoms with van der Waals surface area (Å²) in [7, 11) is 1.79. The summed E-state index contributed by atoms with van der Waals surface area (Å²) < 4.78 is 5.22. The van der Waals surface area contributed by atoms with Crippen LogP contribution in [0, 0.1) is 5.92 Å². The van der Waals surface area contributed by atoms with Crippen molar-refractivity contribution in [2.24, 2.45) is 11.7 Å². The summed E-state index contributed by atoms with van der Waals surface area (Å²) in [6, 6.07) is 1.40. The Morgan fingerprint density at radius 1 is 1.44 bits per heavy atom. The Balaban J connectivity index is 1.91. The van der Waals surface area contributed by atoms with Gasteiger partial charge in [0.25, 0.3) is 0 Å². The number of methoxy groups -OCH3 is 1. The fourth-order valence-corrected chi connectivity index (χ4v) is 4.00. The summed E-state index contributed by atoms with van der Waals surface area (Å²) in [6.45, 7) is 2.71. The number of nitrogens with two attached hydrogens (primary N) is 1. The third kappa shape index (κ3) is 3.13. The molecule has 2 fully saturated rings. The molecule has 94 valence electrons. The molecule has 4 heteroatoms. The van der Waals surface area contributed by atoms with Gasteiger partial charge >= 0.3 is 0 Å². The highest BCUT2D eigenvalue weighted by atomic mass is 32.2. The van der Waals surface area contributed by atoms with E-state index in [1.165, 1.54) is 30.8 Å². The topological polar surface area (TPSA) is 38.5 Å². The zero-order valence-electron chi connectivity index (χ0n) is 10.2. The maximum absolute atomic E-state index is 6.00. The minimum Gasteiger partial charge on any atom is -0.383 e. The van der Waals surface area contributed by atoms with Gasteiger partial charge in [0.2, 0.25) is 0 Å². The smallest absolute Gasteiger partial charge is 0.0589 e. The quantitative estimate of drug-likeness (QED) is 0.730. The molecule has 2 atom stereocenters. The van der Waals surface area contributed by atoms with E-state index < -0.39 is 0 Å². The second-order valence-corrected chi connectivity index (χ2v) is 6.04. The molecule has 0 bridgehead atoms. The molecule has 1 aliphatic carbocycles. The van der Waals surface area contributed by atoms with E-state index in [4.69, 9.17) is 10.5 Å². The van der Waals surface area contributed by atoms with Gasteiger partial charge in [-0.1, -0.05) is 0 Å². The van der Waals surface area contributed by atoms with Crippen molar-refractivity contribution in [2.45, 2.75) is 31.3 Å². The first kappa shape index (κ1) is 12.7. The second kappa shape index (κ2) is 6.24. The summed E-state index contributed by atoms with van der Waals surface area (Å²) in [6.07, 6.45) is 4.07. The van der Waals surface area contributed by atoms with Crippen LogP contribution in [0.25, 0.3) is 0 Å². The van der Waals surface area contributed by atoms with Crippen molar-refractivity contribution in [1.82, 2.24) is 4.90 Å². The minimum absolute atomic E-state index is 0.595. The maximum atomic E-state index is 6.00. The predicted molar refractivity (Wildman–Crippen MR) is 69.9 cm³/mol. The molecule has 1 aliphatic heterocycles. The molecule has 16 heavy (non-hydrogen) atoms. The van der Waals surface area contributed by atoms with Crippen LogP contribution in [0.3, 0.4) is 0 Å². The lowest BCUT2D eigenvalue weighted by Crippen LogP contribution is -2.48. The summed E-state index contributed by atoms with van der Waals surface area (Å²) in [5, 5.41) is 0. The first-order valence-electron chi connectivity index (χ1n) is 6.39. The molecule has 2 unspecified atom stereocenters. The lowest BCUT2D eigenvalue weighted by molar-refractivity contribution is 0.0947. The van der Waals surface area contributed by atoms with Crippen LogP contribution in [0.4, 0.5) is 0 Å². The average molecular weight is 244 g/mol. The highest BCUT2D eigenvalue weighted by Gasteiger charge is 2.37. The molecule has 3 nitrogen and oxygen atoms in total. The molecule has 0 aromatic heterocycles. The van der Waals surface area contributed by atoms with Gasteiger partial charge in [-0.15, -0.1) is 0 Å². The number of nitrogens with zero attached hydrogens (tertiary/aromatic N) is 1. The second-order valence-electron chi connectivity index (χ2n) is 4.89. The van der Waals surface area contributed by atoms with Gasteiger partial charge < -0.3 is 10.5 Å². The van der Waals surface area contributed by atoms with Crippen molar-refractivity contribution < 1.29 is 4.74 Å². The predicted octanol–water partition coefficient (Wildman–Crippen LogP) is 1.18. The first-order chi connectivity index (χ1) is 7.86. The van der Waals surface area contributed by atoms with Crippen LogP contribution in [-0.2, 0) is 4.74 Å². The normalized spacial score (nSPS) is 27.6. The molecular weight excluding hydrogens is 220 g/mol. The summed E-state index contributed by atoms with van der Waals surface area (Å²) >= 11 is 2.09. The Bertz CT molecular complexity index is 205. The maximum Gasteiger partial charge on any atom is 0.0589 e. The van der Waals surface area contributed by atoms with Gasteiger partial charge in [-0.2, -0.15) is 11.8 Å². The van der Waals surface area contributed by atoms with Crippen LogP contribution in [0.5, 0.6) is 0 Å². The molecular formula is C12H24N2OS. The summed E-state index contributed by atoms with van der Waals surface area (Å²) in [5.41, 5.74) is 6.00. The van der Waals surface area contributed by atoms with Gasteiger partial charge in [0.1, 0.15) is 0 Å². The number of ether oxygens (including phenoxy) is 1. The average Bonchev–Trinajstić information content (AvgIpc) is 3.00. The standard InChI is InChI=1S/C12H24N2OS/c1-15-6-5-14(11-2-3-11)12(8-13)10-4-7-16-9-10/h10-12H,2-9,13H2,1H3. The zero-order valence-corrected chi connectivity index (χ0v) is 11.0. The van der Waals surface area contributed by atoms with Crippen LogP contribution in [-0.4, -0.2) is 55.3 Å². The molecule has 0 aromatic rings.